The second kappa shape index (κ2) is 4.79. The number of nitrogens with one attached hydrogen (secondary N) is 1. The lowest BCUT2D eigenvalue weighted by molar-refractivity contribution is 0.0597. The van der Waals surface area contributed by atoms with Crippen LogP contribution in [0.25, 0.3) is 21.9 Å². The molecule has 0 amide bonds. The van der Waals surface area contributed by atoms with Crippen molar-refractivity contribution < 1.29 is 14.3 Å². The normalized spacial score (nSPS) is 10.9. The summed E-state index contributed by atoms with van der Waals surface area (Å²) in [5, 5.41) is 0.900. The molecule has 1 N–H and O–H groups in total. The first kappa shape index (κ1) is 12.9. The number of rotatable bonds is 2. The molecule has 0 bridgehead atoms. The fourth-order valence-electron chi connectivity index (χ4n) is 2.21. The number of nitrogens with zero attached hydrogens (tertiary/aromatic N) is 1. The van der Waals surface area contributed by atoms with Crippen LogP contribution in [0.2, 0.25) is 0 Å². The molecule has 1 aromatic carbocycles. The van der Waals surface area contributed by atoms with Gasteiger partial charge in [-0.05, 0) is 34.1 Å². The van der Waals surface area contributed by atoms with E-state index in [1.807, 2.05) is 6.07 Å². The van der Waals surface area contributed by atoms with Crippen LogP contribution in [0.3, 0.4) is 0 Å². The number of hydrogen-bond acceptors (Lipinski definition) is 4. The van der Waals surface area contributed by atoms with Gasteiger partial charge in [0.15, 0.2) is 0 Å². The summed E-state index contributed by atoms with van der Waals surface area (Å²) in [5.41, 5.74) is 2.91. The van der Waals surface area contributed by atoms with Crippen LogP contribution in [0.4, 0.5) is 0 Å². The van der Waals surface area contributed by atoms with Gasteiger partial charge in [-0.1, -0.05) is 0 Å². The number of carbonyl (C=O) groups is 1. The quantitative estimate of drug-likeness (QED) is 0.730. The molecule has 0 aliphatic heterocycles. The maximum atomic E-state index is 11.8. The monoisotopic (exact) mass is 334 g/mol. The van der Waals surface area contributed by atoms with Gasteiger partial charge in [-0.2, -0.15) is 0 Å². The summed E-state index contributed by atoms with van der Waals surface area (Å²) in [4.78, 5) is 19.4. The molecular weight excluding hydrogens is 324 g/mol. The first-order valence-electron chi connectivity index (χ1n) is 5.87. The van der Waals surface area contributed by atoms with Crippen molar-refractivity contribution in [2.45, 2.75) is 0 Å². The van der Waals surface area contributed by atoms with Crippen molar-refractivity contribution in [2.75, 3.05) is 14.2 Å². The Morgan fingerprint density at radius 1 is 1.25 bits per heavy atom. The lowest BCUT2D eigenvalue weighted by Crippen LogP contribution is -2.03. The highest BCUT2D eigenvalue weighted by molar-refractivity contribution is 9.10. The van der Waals surface area contributed by atoms with Crippen molar-refractivity contribution in [3.8, 4) is 5.75 Å². The van der Waals surface area contributed by atoms with Crippen molar-refractivity contribution in [2.24, 2.45) is 0 Å². The summed E-state index contributed by atoms with van der Waals surface area (Å²) in [6.07, 6.45) is 1.73. The maximum Gasteiger partial charge on any atom is 0.341 e. The SMILES string of the molecule is COC(=O)c1cc2[nH]c3cc(Br)cnc3c2cc1OC. The molecule has 0 aliphatic carbocycles. The van der Waals surface area contributed by atoms with Gasteiger partial charge >= 0.3 is 5.97 Å². The van der Waals surface area contributed by atoms with Crippen LogP contribution < -0.4 is 4.74 Å². The fraction of sp³-hybridized carbons (Fsp3) is 0.143. The molecule has 20 heavy (non-hydrogen) atoms. The molecule has 3 aromatic rings. The van der Waals surface area contributed by atoms with E-state index in [1.54, 1.807) is 18.3 Å². The largest absolute Gasteiger partial charge is 0.496 e. The molecule has 0 aliphatic rings. The number of hydrogen-bond donors (Lipinski definition) is 1. The maximum absolute atomic E-state index is 11.8. The van der Waals surface area contributed by atoms with E-state index in [4.69, 9.17) is 9.47 Å². The Morgan fingerprint density at radius 3 is 2.75 bits per heavy atom. The number of carbonyl (C=O) groups excluding carboxylic acids is 1. The Hall–Kier alpha value is -2.08. The summed E-state index contributed by atoms with van der Waals surface area (Å²) in [5.74, 6) is 0.0338. The number of pyridine rings is 1. The summed E-state index contributed by atoms with van der Waals surface area (Å²) >= 11 is 3.39. The Kier molecular flexibility index (Phi) is 3.10. The van der Waals surface area contributed by atoms with Crippen LogP contribution in [-0.2, 0) is 4.74 Å². The molecule has 0 saturated carbocycles. The number of aromatic nitrogens is 2. The van der Waals surface area contributed by atoms with Gasteiger partial charge in [-0.3, -0.25) is 4.98 Å². The van der Waals surface area contributed by atoms with Gasteiger partial charge in [0, 0.05) is 21.6 Å². The fourth-order valence-corrected chi connectivity index (χ4v) is 2.54. The second-order valence-corrected chi connectivity index (χ2v) is 5.18. The summed E-state index contributed by atoms with van der Waals surface area (Å²) < 4.78 is 10.9. The second-order valence-electron chi connectivity index (χ2n) is 4.26. The number of esters is 1. The summed E-state index contributed by atoms with van der Waals surface area (Å²) in [6.45, 7) is 0. The lowest BCUT2D eigenvalue weighted by Gasteiger charge is -2.06. The van der Waals surface area contributed by atoms with Gasteiger partial charge in [-0.15, -0.1) is 0 Å². The van der Waals surface area contributed by atoms with Gasteiger partial charge in [0.05, 0.1) is 25.3 Å². The van der Waals surface area contributed by atoms with Crippen molar-refractivity contribution in [3.63, 3.8) is 0 Å². The van der Waals surface area contributed by atoms with Crippen molar-refractivity contribution in [1.82, 2.24) is 9.97 Å². The lowest BCUT2D eigenvalue weighted by atomic mass is 10.1. The molecular formula is C14H11BrN2O3. The van der Waals surface area contributed by atoms with Crippen LogP contribution in [0.5, 0.6) is 5.75 Å². The van der Waals surface area contributed by atoms with Gasteiger partial charge in [0.25, 0.3) is 0 Å². The third-order valence-electron chi connectivity index (χ3n) is 3.12. The Morgan fingerprint density at radius 2 is 2.05 bits per heavy atom. The molecule has 5 nitrogen and oxygen atoms in total. The average Bonchev–Trinajstić information content (AvgIpc) is 2.81. The number of aromatic amines is 1. The Balaban J connectivity index is 2.35. The minimum absolute atomic E-state index is 0.383. The minimum atomic E-state index is -0.434. The van der Waals surface area contributed by atoms with E-state index in [0.717, 1.165) is 26.4 Å². The van der Waals surface area contributed by atoms with E-state index in [2.05, 4.69) is 25.9 Å². The molecule has 102 valence electrons. The van der Waals surface area contributed by atoms with Crippen molar-refractivity contribution in [3.05, 3.63) is 34.4 Å². The first-order chi connectivity index (χ1) is 9.63. The molecule has 0 unspecified atom stereocenters. The van der Waals surface area contributed by atoms with E-state index < -0.39 is 5.97 Å². The topological polar surface area (TPSA) is 64.2 Å². The van der Waals surface area contributed by atoms with Gasteiger partial charge < -0.3 is 14.5 Å². The molecule has 2 aromatic heterocycles. The molecule has 0 fully saturated rings. The van der Waals surface area contributed by atoms with Crippen LogP contribution in [0.15, 0.2) is 28.9 Å². The van der Waals surface area contributed by atoms with E-state index in [0.29, 0.717) is 11.3 Å². The highest BCUT2D eigenvalue weighted by Crippen LogP contribution is 2.31. The number of halogens is 1. The van der Waals surface area contributed by atoms with Crippen LogP contribution in [-0.4, -0.2) is 30.2 Å². The molecule has 3 rings (SSSR count). The third-order valence-corrected chi connectivity index (χ3v) is 3.56. The molecule has 2 heterocycles. The first-order valence-corrected chi connectivity index (χ1v) is 6.66. The Bertz CT molecular complexity index is 826. The predicted molar refractivity (Wildman–Crippen MR) is 79.2 cm³/mol. The number of H-pyrrole nitrogens is 1. The van der Waals surface area contributed by atoms with E-state index in [-0.39, 0.29) is 0 Å². The Labute approximate surface area is 123 Å². The number of fused-ring (bicyclic) bond motifs is 3. The molecule has 0 spiro atoms. The summed E-state index contributed by atoms with van der Waals surface area (Å²) in [7, 11) is 2.86. The average molecular weight is 335 g/mol. The third kappa shape index (κ3) is 1.92. The number of ether oxygens (including phenoxy) is 2. The standard InChI is InChI=1S/C14H11BrN2O3/c1-19-12-5-8-10(4-9(12)14(18)20-2)17-11-3-7(15)6-16-13(8)11/h3-6,17H,1-2H3. The van der Waals surface area contributed by atoms with Crippen LogP contribution >= 0.6 is 15.9 Å². The van der Waals surface area contributed by atoms with Crippen molar-refractivity contribution >= 4 is 43.8 Å². The zero-order valence-electron chi connectivity index (χ0n) is 10.9. The molecule has 6 heteroatoms. The van der Waals surface area contributed by atoms with E-state index in [9.17, 15) is 4.79 Å². The minimum Gasteiger partial charge on any atom is -0.496 e. The van der Waals surface area contributed by atoms with Gasteiger partial charge in [0.2, 0.25) is 0 Å². The number of benzene rings is 1. The summed E-state index contributed by atoms with van der Waals surface area (Å²) in [6, 6.07) is 5.45. The predicted octanol–water partition coefficient (Wildman–Crippen LogP) is 3.27. The van der Waals surface area contributed by atoms with Gasteiger partial charge in [0.1, 0.15) is 11.3 Å². The number of methoxy groups -OCH3 is 2. The van der Waals surface area contributed by atoms with Crippen LogP contribution in [0.1, 0.15) is 10.4 Å². The molecule has 0 radical (unpaired) electrons. The highest BCUT2D eigenvalue weighted by Gasteiger charge is 2.16. The highest BCUT2D eigenvalue weighted by atomic mass is 79.9. The van der Waals surface area contributed by atoms with Crippen LogP contribution in [0, 0.1) is 0 Å². The van der Waals surface area contributed by atoms with Crippen molar-refractivity contribution in [1.29, 1.82) is 0 Å². The van der Waals surface area contributed by atoms with Gasteiger partial charge in [-0.25, -0.2) is 4.79 Å². The van der Waals surface area contributed by atoms with E-state index in [1.165, 1.54) is 14.2 Å². The zero-order valence-corrected chi connectivity index (χ0v) is 12.4. The molecule has 0 atom stereocenters. The smallest absolute Gasteiger partial charge is 0.341 e. The van der Waals surface area contributed by atoms with E-state index >= 15 is 0 Å². The zero-order chi connectivity index (χ0) is 14.3. The molecule has 0 saturated heterocycles.